The summed E-state index contributed by atoms with van der Waals surface area (Å²) in [4.78, 5) is 18.2. The number of fused-ring (bicyclic) bond motifs is 1. The first kappa shape index (κ1) is 20.0. The number of para-hydroxylation sites is 1. The van der Waals surface area contributed by atoms with E-state index >= 15 is 0 Å². The minimum absolute atomic E-state index is 0.0625. The van der Waals surface area contributed by atoms with Crippen molar-refractivity contribution >= 4 is 26.9 Å². The molecule has 1 aliphatic heterocycles. The summed E-state index contributed by atoms with van der Waals surface area (Å²) in [7, 11) is -3.42. The Balaban J connectivity index is 1.68. The van der Waals surface area contributed by atoms with Gasteiger partial charge < -0.3 is 4.98 Å². The maximum absolute atomic E-state index is 13.0. The fourth-order valence-electron chi connectivity index (χ4n) is 3.70. The minimum Gasteiger partial charge on any atom is -0.360 e. The summed E-state index contributed by atoms with van der Waals surface area (Å²) in [6.45, 7) is 8.44. The van der Waals surface area contributed by atoms with Crippen LogP contribution in [0.1, 0.15) is 31.1 Å². The molecule has 1 aromatic carbocycles. The minimum atomic E-state index is -3.42. The van der Waals surface area contributed by atoms with Crippen LogP contribution in [0.3, 0.4) is 0 Å². The van der Waals surface area contributed by atoms with Gasteiger partial charge in [-0.15, -0.1) is 0 Å². The van der Waals surface area contributed by atoms with E-state index < -0.39 is 10.2 Å². The second-order valence-electron chi connectivity index (χ2n) is 6.82. The lowest BCUT2D eigenvalue weighted by molar-refractivity contribution is 0.0780. The Morgan fingerprint density at radius 3 is 2.41 bits per heavy atom. The van der Waals surface area contributed by atoms with Crippen LogP contribution in [-0.2, 0) is 10.2 Å². The number of Topliss-reactive ketones (excluding diaryl/α,β-unsaturated/α-hetero) is 1. The number of H-pyrrole nitrogens is 1. The van der Waals surface area contributed by atoms with Crippen molar-refractivity contribution in [1.29, 1.82) is 0 Å². The molecular weight excluding hydrogens is 364 g/mol. The van der Waals surface area contributed by atoms with Gasteiger partial charge in [0, 0.05) is 61.9 Å². The fraction of sp³-hybridized carbons (Fsp3) is 0.526. The van der Waals surface area contributed by atoms with Crippen LogP contribution in [0.15, 0.2) is 30.5 Å². The molecule has 3 rings (SSSR count). The van der Waals surface area contributed by atoms with Gasteiger partial charge in [-0.3, -0.25) is 9.69 Å². The molecule has 0 saturated carbocycles. The number of carbonyl (C=O) groups excluding carboxylic acids is 1. The van der Waals surface area contributed by atoms with Crippen molar-refractivity contribution in [1.82, 2.24) is 18.5 Å². The topological polar surface area (TPSA) is 76.7 Å². The highest BCUT2D eigenvalue weighted by Crippen LogP contribution is 2.21. The highest BCUT2D eigenvalue weighted by Gasteiger charge is 2.33. The van der Waals surface area contributed by atoms with Crippen LogP contribution in [0.25, 0.3) is 10.9 Å². The Hall–Kier alpha value is -1.74. The molecule has 0 radical (unpaired) electrons. The van der Waals surface area contributed by atoms with Crippen LogP contribution < -0.4 is 0 Å². The van der Waals surface area contributed by atoms with Gasteiger partial charge in [-0.2, -0.15) is 17.0 Å². The van der Waals surface area contributed by atoms with Gasteiger partial charge in [0.15, 0.2) is 5.78 Å². The number of benzene rings is 1. The van der Waals surface area contributed by atoms with E-state index in [0.29, 0.717) is 44.8 Å². The monoisotopic (exact) mass is 392 g/mol. The van der Waals surface area contributed by atoms with Gasteiger partial charge in [0.25, 0.3) is 10.2 Å². The van der Waals surface area contributed by atoms with E-state index in [1.807, 2.05) is 45.0 Å². The number of piperazine rings is 1. The number of nitrogens with zero attached hydrogens (tertiary/aromatic N) is 3. The van der Waals surface area contributed by atoms with Gasteiger partial charge in [0.05, 0.1) is 6.04 Å². The predicted octanol–water partition coefficient (Wildman–Crippen LogP) is 1.94. The first-order valence-corrected chi connectivity index (χ1v) is 10.9. The summed E-state index contributed by atoms with van der Waals surface area (Å²) in [5.74, 6) is 0.0625. The number of rotatable bonds is 7. The van der Waals surface area contributed by atoms with Crippen LogP contribution in [0.5, 0.6) is 0 Å². The van der Waals surface area contributed by atoms with Crippen LogP contribution in [0, 0.1) is 0 Å². The molecule has 0 spiro atoms. The van der Waals surface area contributed by atoms with Gasteiger partial charge in [0.1, 0.15) is 0 Å². The smallest absolute Gasteiger partial charge is 0.282 e. The summed E-state index contributed by atoms with van der Waals surface area (Å²) in [6.07, 6.45) is 1.77. The second-order valence-corrected chi connectivity index (χ2v) is 8.74. The average molecular weight is 393 g/mol. The van der Waals surface area contributed by atoms with E-state index in [1.54, 1.807) is 6.20 Å². The summed E-state index contributed by atoms with van der Waals surface area (Å²) in [5, 5.41) is 0.928. The molecule has 1 atom stereocenters. The summed E-state index contributed by atoms with van der Waals surface area (Å²) in [5.41, 5.74) is 1.64. The third-order valence-corrected chi connectivity index (χ3v) is 7.60. The number of nitrogens with one attached hydrogen (secondary N) is 1. The average Bonchev–Trinajstić information content (AvgIpc) is 3.12. The van der Waals surface area contributed by atoms with Crippen LogP contribution >= 0.6 is 0 Å². The zero-order valence-corrected chi connectivity index (χ0v) is 17.0. The second kappa shape index (κ2) is 8.10. The van der Waals surface area contributed by atoms with Crippen LogP contribution in [0.4, 0.5) is 0 Å². The van der Waals surface area contributed by atoms with E-state index in [2.05, 4.69) is 9.88 Å². The molecule has 0 aliphatic carbocycles. The number of aromatic amines is 1. The zero-order valence-electron chi connectivity index (χ0n) is 16.2. The number of aromatic nitrogens is 1. The quantitative estimate of drug-likeness (QED) is 0.731. The molecule has 2 aromatic rings. The molecule has 27 heavy (non-hydrogen) atoms. The number of hydrogen-bond acceptors (Lipinski definition) is 4. The van der Waals surface area contributed by atoms with E-state index in [-0.39, 0.29) is 11.8 Å². The van der Waals surface area contributed by atoms with Gasteiger partial charge in [-0.25, -0.2) is 0 Å². The number of ketones is 1. The zero-order chi connectivity index (χ0) is 19.6. The molecule has 0 unspecified atom stereocenters. The molecule has 1 aliphatic rings. The molecule has 7 nitrogen and oxygen atoms in total. The molecule has 8 heteroatoms. The maximum Gasteiger partial charge on any atom is 0.282 e. The molecular formula is C19H28N4O3S. The van der Waals surface area contributed by atoms with Crippen molar-refractivity contribution in [3.05, 3.63) is 36.0 Å². The molecule has 0 bridgehead atoms. The van der Waals surface area contributed by atoms with Crippen molar-refractivity contribution in [2.75, 3.05) is 39.3 Å². The first-order valence-electron chi connectivity index (χ1n) is 9.49. The van der Waals surface area contributed by atoms with Gasteiger partial charge in [-0.05, 0) is 13.0 Å². The molecule has 1 saturated heterocycles. The summed E-state index contributed by atoms with van der Waals surface area (Å²) >= 11 is 0. The lowest BCUT2D eigenvalue weighted by atomic mass is 10.0. The predicted molar refractivity (Wildman–Crippen MR) is 107 cm³/mol. The molecule has 1 aromatic heterocycles. The first-order chi connectivity index (χ1) is 12.9. The van der Waals surface area contributed by atoms with E-state index in [0.717, 1.165) is 10.9 Å². The normalized spacial score (nSPS) is 18.2. The van der Waals surface area contributed by atoms with Crippen LogP contribution in [0.2, 0.25) is 0 Å². The highest BCUT2D eigenvalue weighted by atomic mass is 32.2. The fourth-order valence-corrected chi connectivity index (χ4v) is 5.30. The SMILES string of the molecule is CCN(CC)S(=O)(=O)N1CCN([C@H](C)C(=O)c2c[nH]c3ccccc23)CC1. The molecule has 148 valence electrons. The van der Waals surface area contributed by atoms with Crippen molar-refractivity contribution in [3.8, 4) is 0 Å². The Bertz CT molecular complexity index is 897. The van der Waals surface area contributed by atoms with E-state index in [4.69, 9.17) is 0 Å². The number of hydrogen-bond donors (Lipinski definition) is 1. The lowest BCUT2D eigenvalue weighted by Crippen LogP contribution is -2.55. The Morgan fingerprint density at radius 2 is 1.78 bits per heavy atom. The third-order valence-electron chi connectivity index (χ3n) is 5.41. The van der Waals surface area contributed by atoms with Crippen LogP contribution in [-0.4, -0.2) is 78.0 Å². The Kier molecular flexibility index (Phi) is 6.00. The van der Waals surface area contributed by atoms with Crippen molar-refractivity contribution < 1.29 is 13.2 Å². The lowest BCUT2D eigenvalue weighted by Gasteiger charge is -2.38. The summed E-state index contributed by atoms with van der Waals surface area (Å²) in [6, 6.07) is 7.47. The molecule has 0 amide bonds. The van der Waals surface area contributed by atoms with E-state index in [1.165, 1.54) is 8.61 Å². The standard InChI is InChI=1S/C19H28N4O3S/c1-4-22(5-2)27(25,26)23-12-10-21(11-13-23)15(3)19(24)17-14-20-18-9-7-6-8-16(17)18/h6-9,14-15,20H,4-5,10-13H2,1-3H3/t15-/m1/s1. The van der Waals surface area contributed by atoms with Crippen molar-refractivity contribution in [2.24, 2.45) is 0 Å². The van der Waals surface area contributed by atoms with Gasteiger partial charge >= 0.3 is 0 Å². The number of carbonyl (C=O) groups is 1. The van der Waals surface area contributed by atoms with E-state index in [9.17, 15) is 13.2 Å². The van der Waals surface area contributed by atoms with Crippen molar-refractivity contribution in [2.45, 2.75) is 26.8 Å². The highest BCUT2D eigenvalue weighted by molar-refractivity contribution is 7.86. The van der Waals surface area contributed by atoms with Gasteiger partial charge in [0.2, 0.25) is 0 Å². The van der Waals surface area contributed by atoms with Crippen molar-refractivity contribution in [3.63, 3.8) is 0 Å². The molecule has 2 heterocycles. The van der Waals surface area contributed by atoms with Gasteiger partial charge in [-0.1, -0.05) is 32.0 Å². The Morgan fingerprint density at radius 1 is 1.15 bits per heavy atom. The third kappa shape index (κ3) is 3.80. The molecule has 1 fully saturated rings. The summed E-state index contributed by atoms with van der Waals surface area (Å²) < 4.78 is 28.3. The molecule has 1 N–H and O–H groups in total. The Labute approximate surface area is 161 Å². The largest absolute Gasteiger partial charge is 0.360 e. The maximum atomic E-state index is 13.0.